The quantitative estimate of drug-likeness (QED) is 0.492. The minimum Gasteiger partial charge on any atom is -0.481 e. The minimum absolute atomic E-state index is 0.0549. The first-order chi connectivity index (χ1) is 15.9. The van der Waals surface area contributed by atoms with E-state index >= 15 is 0 Å². The Morgan fingerprint density at radius 1 is 0.909 bits per heavy atom. The lowest BCUT2D eigenvalue weighted by molar-refractivity contribution is -0.141. The molecular formula is C26H21Cl2NO4. The van der Waals surface area contributed by atoms with Gasteiger partial charge in [0.1, 0.15) is 6.61 Å². The molecule has 1 aliphatic heterocycles. The van der Waals surface area contributed by atoms with Gasteiger partial charge in [-0.2, -0.15) is 0 Å². The molecule has 0 aromatic heterocycles. The van der Waals surface area contributed by atoms with E-state index in [0.29, 0.717) is 15.6 Å². The molecule has 0 spiro atoms. The first-order valence-electron chi connectivity index (χ1n) is 10.7. The monoisotopic (exact) mass is 481 g/mol. The Hall–Kier alpha value is -3.02. The van der Waals surface area contributed by atoms with E-state index < -0.39 is 23.9 Å². The lowest BCUT2D eigenvalue weighted by Gasteiger charge is -2.19. The predicted molar refractivity (Wildman–Crippen MR) is 127 cm³/mol. The van der Waals surface area contributed by atoms with Gasteiger partial charge in [-0.25, -0.2) is 4.79 Å². The van der Waals surface area contributed by atoms with Crippen molar-refractivity contribution < 1.29 is 19.4 Å². The third-order valence-corrected chi connectivity index (χ3v) is 7.16. The summed E-state index contributed by atoms with van der Waals surface area (Å²) >= 11 is 12.3. The second-order valence-electron chi connectivity index (χ2n) is 8.43. The average molecular weight is 482 g/mol. The number of fused-ring (bicyclic) bond motifs is 3. The standard InChI is InChI=1S/C26H21Cl2NO4/c27-15-9-10-20(24(28)11-15)21-12-29(13-22(21)25(30)31)26(32)33-14-23-18-7-3-1-5-16(18)17-6-2-4-8-19(17)23/h1-11,21-23H,12-14H2,(H,30,31). The number of aliphatic carboxylic acids is 1. The van der Waals surface area contributed by atoms with Crippen LogP contribution in [0.5, 0.6) is 0 Å². The van der Waals surface area contributed by atoms with Crippen LogP contribution in [0, 0.1) is 5.92 Å². The van der Waals surface area contributed by atoms with Crippen LogP contribution in [-0.4, -0.2) is 41.8 Å². The SMILES string of the molecule is O=C(O)C1CN(C(=O)OCC2c3ccccc3-c3ccccc32)CC1c1ccc(Cl)cc1Cl. The van der Waals surface area contributed by atoms with E-state index in [1.54, 1.807) is 18.2 Å². The molecule has 2 aliphatic rings. The summed E-state index contributed by atoms with van der Waals surface area (Å²) in [6, 6.07) is 21.2. The molecule has 1 saturated heterocycles. The molecule has 1 N–H and O–H groups in total. The first-order valence-corrected chi connectivity index (χ1v) is 11.5. The van der Waals surface area contributed by atoms with Gasteiger partial charge < -0.3 is 14.7 Å². The number of carboxylic acid groups (broad SMARTS) is 1. The zero-order chi connectivity index (χ0) is 23.1. The summed E-state index contributed by atoms with van der Waals surface area (Å²) in [5.41, 5.74) is 5.23. The van der Waals surface area contributed by atoms with Crippen molar-refractivity contribution in [3.05, 3.63) is 93.5 Å². The Morgan fingerprint density at radius 3 is 2.15 bits per heavy atom. The van der Waals surface area contributed by atoms with Crippen molar-refractivity contribution in [2.45, 2.75) is 11.8 Å². The zero-order valence-corrected chi connectivity index (χ0v) is 19.1. The smallest absolute Gasteiger partial charge is 0.409 e. The van der Waals surface area contributed by atoms with Gasteiger partial charge in [0.05, 0.1) is 5.92 Å². The highest BCUT2D eigenvalue weighted by Crippen LogP contribution is 2.45. The van der Waals surface area contributed by atoms with Gasteiger partial charge in [0, 0.05) is 35.0 Å². The van der Waals surface area contributed by atoms with E-state index in [2.05, 4.69) is 24.3 Å². The molecule has 2 unspecified atom stereocenters. The van der Waals surface area contributed by atoms with E-state index in [9.17, 15) is 14.7 Å². The molecule has 5 nitrogen and oxygen atoms in total. The van der Waals surface area contributed by atoms with E-state index in [-0.39, 0.29) is 25.6 Å². The number of hydrogen-bond donors (Lipinski definition) is 1. The normalized spacial score (nSPS) is 19.3. The summed E-state index contributed by atoms with van der Waals surface area (Å²) in [4.78, 5) is 26.4. The summed E-state index contributed by atoms with van der Waals surface area (Å²) in [6.07, 6.45) is -0.518. The fraction of sp³-hybridized carbons (Fsp3) is 0.231. The average Bonchev–Trinajstić information content (AvgIpc) is 3.38. The second-order valence-corrected chi connectivity index (χ2v) is 9.27. The van der Waals surface area contributed by atoms with Gasteiger partial charge in [-0.3, -0.25) is 4.79 Å². The number of ether oxygens (including phenoxy) is 1. The molecule has 1 fully saturated rings. The Balaban J connectivity index is 1.33. The zero-order valence-electron chi connectivity index (χ0n) is 17.6. The molecule has 5 rings (SSSR count). The van der Waals surface area contributed by atoms with Crippen LogP contribution in [0.2, 0.25) is 10.0 Å². The maximum absolute atomic E-state index is 13.0. The number of benzene rings is 3. The fourth-order valence-corrected chi connectivity index (χ4v) is 5.55. The molecule has 2 atom stereocenters. The van der Waals surface area contributed by atoms with Crippen molar-refractivity contribution in [2.75, 3.05) is 19.7 Å². The van der Waals surface area contributed by atoms with Crippen LogP contribution >= 0.6 is 23.2 Å². The van der Waals surface area contributed by atoms with Crippen molar-refractivity contribution in [3.8, 4) is 11.1 Å². The number of carboxylic acids is 1. The van der Waals surface area contributed by atoms with Crippen molar-refractivity contribution in [1.29, 1.82) is 0 Å². The Morgan fingerprint density at radius 2 is 1.55 bits per heavy atom. The minimum atomic E-state index is -0.972. The van der Waals surface area contributed by atoms with Crippen LogP contribution in [0.3, 0.4) is 0 Å². The number of likely N-dealkylation sites (tertiary alicyclic amines) is 1. The van der Waals surface area contributed by atoms with Gasteiger partial charge in [0.2, 0.25) is 0 Å². The second kappa shape index (κ2) is 8.73. The van der Waals surface area contributed by atoms with Gasteiger partial charge in [0.25, 0.3) is 0 Å². The van der Waals surface area contributed by atoms with Gasteiger partial charge in [-0.1, -0.05) is 77.8 Å². The highest BCUT2D eigenvalue weighted by Gasteiger charge is 2.42. The van der Waals surface area contributed by atoms with Crippen LogP contribution in [0.1, 0.15) is 28.5 Å². The molecule has 1 heterocycles. The van der Waals surface area contributed by atoms with E-state index in [1.807, 2.05) is 24.3 Å². The highest BCUT2D eigenvalue weighted by atomic mass is 35.5. The van der Waals surface area contributed by atoms with Gasteiger partial charge in [-0.05, 0) is 39.9 Å². The van der Waals surface area contributed by atoms with Gasteiger partial charge in [0.15, 0.2) is 0 Å². The van der Waals surface area contributed by atoms with E-state index in [1.165, 1.54) is 4.90 Å². The van der Waals surface area contributed by atoms with Crippen molar-refractivity contribution in [2.24, 2.45) is 5.92 Å². The van der Waals surface area contributed by atoms with Crippen LogP contribution in [-0.2, 0) is 9.53 Å². The number of amides is 1. The van der Waals surface area contributed by atoms with Crippen LogP contribution in [0.15, 0.2) is 66.7 Å². The Bertz CT molecular complexity index is 1200. The summed E-state index contributed by atoms with van der Waals surface area (Å²) < 4.78 is 5.73. The summed E-state index contributed by atoms with van der Waals surface area (Å²) in [5.74, 6) is -2.24. The molecular weight excluding hydrogens is 461 g/mol. The summed E-state index contributed by atoms with van der Waals surface area (Å²) in [5, 5.41) is 10.6. The molecule has 168 valence electrons. The molecule has 3 aromatic carbocycles. The third kappa shape index (κ3) is 3.96. The van der Waals surface area contributed by atoms with Crippen LogP contribution in [0.25, 0.3) is 11.1 Å². The summed E-state index contributed by atoms with van der Waals surface area (Å²) in [7, 11) is 0. The number of nitrogens with zero attached hydrogens (tertiary/aromatic N) is 1. The number of halogens is 2. The topological polar surface area (TPSA) is 66.8 Å². The molecule has 0 saturated carbocycles. The van der Waals surface area contributed by atoms with E-state index in [4.69, 9.17) is 27.9 Å². The van der Waals surface area contributed by atoms with Crippen molar-refractivity contribution in [1.82, 2.24) is 4.90 Å². The van der Waals surface area contributed by atoms with Crippen molar-refractivity contribution >= 4 is 35.3 Å². The van der Waals surface area contributed by atoms with Gasteiger partial charge in [-0.15, -0.1) is 0 Å². The lowest BCUT2D eigenvalue weighted by Crippen LogP contribution is -2.31. The predicted octanol–water partition coefficient (Wildman–Crippen LogP) is 6.04. The maximum atomic E-state index is 13.0. The highest BCUT2D eigenvalue weighted by molar-refractivity contribution is 6.35. The summed E-state index contributed by atoms with van der Waals surface area (Å²) in [6.45, 7) is 0.470. The number of carbonyl (C=O) groups is 2. The number of carbonyl (C=O) groups excluding carboxylic acids is 1. The van der Waals surface area contributed by atoms with Crippen LogP contribution < -0.4 is 0 Å². The molecule has 1 amide bonds. The molecule has 0 radical (unpaired) electrons. The van der Waals surface area contributed by atoms with E-state index in [0.717, 1.165) is 22.3 Å². The lowest BCUT2D eigenvalue weighted by atomic mass is 9.89. The molecule has 7 heteroatoms. The molecule has 0 bridgehead atoms. The van der Waals surface area contributed by atoms with Gasteiger partial charge >= 0.3 is 12.1 Å². The Labute approximate surface area is 201 Å². The number of hydrogen-bond acceptors (Lipinski definition) is 3. The fourth-order valence-electron chi connectivity index (χ4n) is 5.01. The molecule has 33 heavy (non-hydrogen) atoms. The van der Waals surface area contributed by atoms with Crippen molar-refractivity contribution in [3.63, 3.8) is 0 Å². The number of rotatable bonds is 4. The third-order valence-electron chi connectivity index (χ3n) is 6.59. The first kappa shape index (κ1) is 21.8. The molecule has 3 aromatic rings. The largest absolute Gasteiger partial charge is 0.481 e. The molecule has 1 aliphatic carbocycles. The maximum Gasteiger partial charge on any atom is 0.409 e. The Kier molecular flexibility index (Phi) is 5.77. The van der Waals surface area contributed by atoms with Crippen LogP contribution in [0.4, 0.5) is 4.79 Å².